The van der Waals surface area contributed by atoms with Crippen LogP contribution >= 0.6 is 0 Å². The van der Waals surface area contributed by atoms with Crippen LogP contribution in [-0.2, 0) is 20.4 Å². The lowest BCUT2D eigenvalue weighted by Crippen LogP contribution is -2.57. The van der Waals surface area contributed by atoms with Crippen molar-refractivity contribution < 1.29 is 13.2 Å². The molecule has 150 valence electrons. The van der Waals surface area contributed by atoms with Crippen LogP contribution in [0.15, 0.2) is 47.3 Å². The highest BCUT2D eigenvalue weighted by Gasteiger charge is 2.38. The second-order valence-corrected chi connectivity index (χ2v) is 9.33. The monoisotopic (exact) mass is 404 g/mol. The van der Waals surface area contributed by atoms with E-state index in [-0.39, 0.29) is 37.6 Å². The Labute approximate surface area is 164 Å². The van der Waals surface area contributed by atoms with Gasteiger partial charge in [-0.15, -0.1) is 0 Å². The maximum absolute atomic E-state index is 13.1. The molecule has 1 saturated heterocycles. The third kappa shape index (κ3) is 4.00. The van der Waals surface area contributed by atoms with Gasteiger partial charge in [0.2, 0.25) is 15.9 Å². The molecule has 3 rings (SSSR count). The molecule has 2 aromatic rings. The molecule has 1 aromatic carbocycles. The molecule has 0 radical (unpaired) electrons. The fourth-order valence-electron chi connectivity index (χ4n) is 3.27. The van der Waals surface area contributed by atoms with Gasteiger partial charge in [-0.1, -0.05) is 30.3 Å². The number of benzene rings is 1. The van der Waals surface area contributed by atoms with Crippen molar-refractivity contribution in [1.82, 2.24) is 19.0 Å². The number of hydrogen-bond acceptors (Lipinski definition) is 5. The van der Waals surface area contributed by atoms with Gasteiger partial charge in [0.1, 0.15) is 5.54 Å². The Hall–Kier alpha value is -2.52. The number of hydrogen-bond donors (Lipinski definition) is 0. The van der Waals surface area contributed by atoms with Gasteiger partial charge in [0.25, 0.3) is 5.56 Å². The van der Waals surface area contributed by atoms with Crippen molar-refractivity contribution in [3.63, 3.8) is 0 Å². The lowest BCUT2D eigenvalue weighted by Gasteiger charge is -2.37. The van der Waals surface area contributed by atoms with E-state index in [1.165, 1.54) is 15.1 Å². The van der Waals surface area contributed by atoms with Gasteiger partial charge in [-0.05, 0) is 19.9 Å². The number of sulfonamides is 1. The number of piperazine rings is 1. The van der Waals surface area contributed by atoms with Crippen molar-refractivity contribution in [2.24, 2.45) is 0 Å². The average molecular weight is 404 g/mol. The summed E-state index contributed by atoms with van der Waals surface area (Å²) in [6, 6.07) is 12.5. The third-order valence-corrected chi connectivity index (χ3v) is 6.22. The first kappa shape index (κ1) is 20.2. The summed E-state index contributed by atoms with van der Waals surface area (Å²) in [5.74, 6) is -0.263. The molecule has 28 heavy (non-hydrogen) atoms. The lowest BCUT2D eigenvalue weighted by molar-refractivity contribution is -0.141. The van der Waals surface area contributed by atoms with Gasteiger partial charge in [0.15, 0.2) is 0 Å². The summed E-state index contributed by atoms with van der Waals surface area (Å²) in [6.07, 6.45) is 1.16. The fourth-order valence-corrected chi connectivity index (χ4v) is 4.10. The summed E-state index contributed by atoms with van der Waals surface area (Å²) in [5, 5.41) is 4.43. The zero-order valence-electron chi connectivity index (χ0n) is 16.2. The largest absolute Gasteiger partial charge is 0.338 e. The van der Waals surface area contributed by atoms with Crippen LogP contribution in [0.4, 0.5) is 0 Å². The quantitative estimate of drug-likeness (QED) is 0.750. The van der Waals surface area contributed by atoms with Crippen LogP contribution in [0.25, 0.3) is 11.3 Å². The maximum atomic E-state index is 13.1. The van der Waals surface area contributed by atoms with E-state index in [9.17, 15) is 18.0 Å². The minimum Gasteiger partial charge on any atom is -0.338 e. The maximum Gasteiger partial charge on any atom is 0.267 e. The molecule has 1 aliphatic heterocycles. The number of carbonyl (C=O) groups excluding carboxylic acids is 1. The lowest BCUT2D eigenvalue weighted by atomic mass is 10.0. The topological polar surface area (TPSA) is 92.6 Å². The number of carbonyl (C=O) groups is 1. The Bertz CT molecular complexity index is 1020. The summed E-state index contributed by atoms with van der Waals surface area (Å²) in [6.45, 7) is 4.36. The van der Waals surface area contributed by atoms with E-state index in [1.54, 1.807) is 24.8 Å². The molecule has 8 nitrogen and oxygen atoms in total. The van der Waals surface area contributed by atoms with Gasteiger partial charge in [-0.2, -0.15) is 9.40 Å². The summed E-state index contributed by atoms with van der Waals surface area (Å²) in [5.41, 5.74) is -0.119. The minimum atomic E-state index is -3.28. The standard InChI is InChI=1S/C19H24N4O4S/c1-19(2,18(25)21-11-13-22(14-12-21)28(3,26)27)23-17(24)10-9-16(20-23)15-7-5-4-6-8-15/h4-10H,11-14H2,1-3H3. The summed E-state index contributed by atoms with van der Waals surface area (Å²) in [7, 11) is -3.28. The SMILES string of the molecule is CC(C)(C(=O)N1CCN(S(C)(=O)=O)CC1)n1nc(-c2ccccc2)ccc1=O. The van der Waals surface area contributed by atoms with E-state index in [0.29, 0.717) is 5.69 Å². The highest BCUT2D eigenvalue weighted by Crippen LogP contribution is 2.20. The number of aromatic nitrogens is 2. The highest BCUT2D eigenvalue weighted by atomic mass is 32.2. The average Bonchev–Trinajstić information content (AvgIpc) is 2.67. The van der Waals surface area contributed by atoms with E-state index >= 15 is 0 Å². The first-order chi connectivity index (χ1) is 13.1. The molecule has 0 atom stereocenters. The van der Waals surface area contributed by atoms with Gasteiger partial charge >= 0.3 is 0 Å². The van der Waals surface area contributed by atoms with Crippen LogP contribution in [0.3, 0.4) is 0 Å². The van der Waals surface area contributed by atoms with Gasteiger partial charge in [0, 0.05) is 37.8 Å². The molecular weight excluding hydrogens is 380 g/mol. The van der Waals surface area contributed by atoms with E-state index in [4.69, 9.17) is 0 Å². The molecule has 0 unspecified atom stereocenters. The zero-order chi connectivity index (χ0) is 20.5. The molecule has 1 amide bonds. The molecule has 9 heteroatoms. The normalized spacial score (nSPS) is 16.2. The molecule has 1 aromatic heterocycles. The molecule has 1 fully saturated rings. The highest BCUT2D eigenvalue weighted by molar-refractivity contribution is 7.88. The Morgan fingerprint density at radius 3 is 2.18 bits per heavy atom. The van der Waals surface area contributed by atoms with Crippen molar-refractivity contribution in [3.05, 3.63) is 52.8 Å². The van der Waals surface area contributed by atoms with Crippen LogP contribution in [0, 0.1) is 0 Å². The van der Waals surface area contributed by atoms with Crippen molar-refractivity contribution in [1.29, 1.82) is 0 Å². The van der Waals surface area contributed by atoms with Crippen LogP contribution in [0.5, 0.6) is 0 Å². The number of amides is 1. The second-order valence-electron chi connectivity index (χ2n) is 7.35. The number of nitrogens with zero attached hydrogens (tertiary/aromatic N) is 4. The van der Waals surface area contributed by atoms with E-state index in [0.717, 1.165) is 11.8 Å². The van der Waals surface area contributed by atoms with Crippen molar-refractivity contribution >= 4 is 15.9 Å². The third-order valence-electron chi connectivity index (χ3n) is 4.92. The fraction of sp³-hybridized carbons (Fsp3) is 0.421. The predicted octanol–water partition coefficient (Wildman–Crippen LogP) is 0.749. The number of rotatable bonds is 4. The van der Waals surface area contributed by atoms with Gasteiger partial charge in [0.05, 0.1) is 11.9 Å². The van der Waals surface area contributed by atoms with E-state index in [2.05, 4.69) is 5.10 Å². The molecule has 0 saturated carbocycles. The molecule has 0 spiro atoms. The summed E-state index contributed by atoms with van der Waals surface area (Å²) < 4.78 is 25.9. The Morgan fingerprint density at radius 1 is 1.00 bits per heavy atom. The predicted molar refractivity (Wildman–Crippen MR) is 106 cm³/mol. The van der Waals surface area contributed by atoms with Gasteiger partial charge < -0.3 is 4.90 Å². The van der Waals surface area contributed by atoms with Crippen molar-refractivity contribution in [2.45, 2.75) is 19.4 Å². The van der Waals surface area contributed by atoms with Crippen LogP contribution in [-0.4, -0.2) is 65.7 Å². The summed E-state index contributed by atoms with van der Waals surface area (Å²) in [4.78, 5) is 27.2. The molecule has 0 N–H and O–H groups in total. The zero-order valence-corrected chi connectivity index (χ0v) is 17.0. The Kier molecular flexibility index (Phi) is 5.40. The van der Waals surface area contributed by atoms with Crippen molar-refractivity contribution in [2.75, 3.05) is 32.4 Å². The molecular formula is C19H24N4O4S. The Balaban J connectivity index is 1.86. The molecule has 0 aliphatic carbocycles. The second kappa shape index (κ2) is 7.48. The first-order valence-electron chi connectivity index (χ1n) is 9.01. The summed E-state index contributed by atoms with van der Waals surface area (Å²) >= 11 is 0. The van der Waals surface area contributed by atoms with E-state index in [1.807, 2.05) is 30.3 Å². The minimum absolute atomic E-state index is 0.243. The van der Waals surface area contributed by atoms with Gasteiger partial charge in [-0.25, -0.2) is 13.1 Å². The van der Waals surface area contributed by atoms with Crippen LogP contribution in [0.2, 0.25) is 0 Å². The van der Waals surface area contributed by atoms with Crippen LogP contribution in [0.1, 0.15) is 13.8 Å². The Morgan fingerprint density at radius 2 is 1.61 bits per heavy atom. The molecule has 2 heterocycles. The smallest absolute Gasteiger partial charge is 0.267 e. The first-order valence-corrected chi connectivity index (χ1v) is 10.9. The van der Waals surface area contributed by atoms with E-state index < -0.39 is 15.6 Å². The molecule has 0 bridgehead atoms. The van der Waals surface area contributed by atoms with Gasteiger partial charge in [-0.3, -0.25) is 9.59 Å². The molecule has 1 aliphatic rings. The van der Waals surface area contributed by atoms with Crippen LogP contribution < -0.4 is 5.56 Å². The van der Waals surface area contributed by atoms with Crippen molar-refractivity contribution in [3.8, 4) is 11.3 Å².